The highest BCUT2D eigenvalue weighted by molar-refractivity contribution is 5.84. The van der Waals surface area contributed by atoms with Crippen molar-refractivity contribution < 1.29 is 0 Å². The summed E-state index contributed by atoms with van der Waals surface area (Å²) in [6.07, 6.45) is 8.35. The first-order valence-corrected chi connectivity index (χ1v) is 12.8. The number of hydrogen-bond acceptors (Lipinski definition) is 4. The average molecular weight is 458 g/mol. The van der Waals surface area contributed by atoms with Crippen LogP contribution in [0.25, 0.3) is 21.8 Å². The zero-order valence-electron chi connectivity index (χ0n) is 20.1. The Morgan fingerprint density at radius 2 is 1.76 bits per heavy atom. The molecule has 0 atom stereocenters. The molecule has 3 heterocycles. The van der Waals surface area contributed by atoms with Gasteiger partial charge in [-0.2, -0.15) is 0 Å². The summed E-state index contributed by atoms with van der Waals surface area (Å²) in [5.74, 6) is 1.20. The molecule has 0 aliphatic carbocycles. The molecule has 0 unspecified atom stereocenters. The monoisotopic (exact) mass is 457 g/mol. The van der Waals surface area contributed by atoms with Crippen LogP contribution in [-0.4, -0.2) is 45.6 Å². The van der Waals surface area contributed by atoms with Crippen LogP contribution in [0.5, 0.6) is 0 Å². The van der Waals surface area contributed by atoms with Crippen LogP contribution < -0.4 is 10.9 Å². The molecule has 34 heavy (non-hydrogen) atoms. The van der Waals surface area contributed by atoms with E-state index in [2.05, 4.69) is 62.1 Å². The first kappa shape index (κ1) is 22.7. The van der Waals surface area contributed by atoms with Gasteiger partial charge >= 0.3 is 0 Å². The zero-order valence-corrected chi connectivity index (χ0v) is 20.1. The maximum atomic E-state index is 12.2. The highest BCUT2D eigenvalue weighted by Crippen LogP contribution is 2.34. The van der Waals surface area contributed by atoms with Gasteiger partial charge in [0.25, 0.3) is 5.56 Å². The molecule has 6 heteroatoms. The van der Waals surface area contributed by atoms with Crippen LogP contribution in [0.4, 0.5) is 5.95 Å². The van der Waals surface area contributed by atoms with Crippen LogP contribution in [0.2, 0.25) is 0 Å². The van der Waals surface area contributed by atoms with Gasteiger partial charge in [0, 0.05) is 30.2 Å². The smallest absolute Gasteiger partial charge is 0.260 e. The Bertz CT molecular complexity index is 1300. The highest BCUT2D eigenvalue weighted by Gasteiger charge is 2.23. The number of piperidine rings is 1. The quantitative estimate of drug-likeness (QED) is 0.332. The van der Waals surface area contributed by atoms with Gasteiger partial charge in [-0.1, -0.05) is 43.7 Å². The van der Waals surface area contributed by atoms with Crippen molar-refractivity contribution >= 4 is 27.8 Å². The first-order valence-electron chi connectivity index (χ1n) is 12.8. The molecule has 5 rings (SSSR count). The van der Waals surface area contributed by atoms with Crippen molar-refractivity contribution in [2.24, 2.45) is 0 Å². The van der Waals surface area contributed by atoms with Gasteiger partial charge in [0.1, 0.15) is 0 Å². The van der Waals surface area contributed by atoms with Crippen molar-refractivity contribution in [1.82, 2.24) is 19.4 Å². The number of H-pyrrole nitrogens is 1. The Labute approximate surface area is 201 Å². The number of aromatic nitrogens is 3. The van der Waals surface area contributed by atoms with E-state index in [1.807, 2.05) is 18.2 Å². The summed E-state index contributed by atoms with van der Waals surface area (Å²) in [6.45, 7) is 7.52. The lowest BCUT2D eigenvalue weighted by Crippen LogP contribution is -2.34. The molecule has 2 N–H and O–H groups in total. The maximum Gasteiger partial charge on any atom is 0.260 e. The molecule has 0 saturated carbocycles. The van der Waals surface area contributed by atoms with Crippen molar-refractivity contribution in [1.29, 1.82) is 0 Å². The molecule has 1 aliphatic rings. The number of aryl methyl sites for hydroxylation is 1. The van der Waals surface area contributed by atoms with Gasteiger partial charge in [-0.3, -0.25) is 9.78 Å². The van der Waals surface area contributed by atoms with Gasteiger partial charge in [-0.25, -0.2) is 4.98 Å². The molecular formula is C28H35N5O. The second-order valence-electron chi connectivity index (χ2n) is 9.48. The fourth-order valence-corrected chi connectivity index (χ4v) is 5.26. The second-order valence-corrected chi connectivity index (χ2v) is 9.48. The molecule has 1 aliphatic heterocycles. The van der Waals surface area contributed by atoms with Gasteiger partial charge in [0.2, 0.25) is 5.95 Å². The van der Waals surface area contributed by atoms with E-state index in [1.54, 1.807) is 11.6 Å². The number of anilines is 1. The number of benzene rings is 2. The SMILES string of the molecule is CCCCn1cc(C2CCN(CCCNc3nc4ccccc4c(=O)[nH]3)CC2)c2ccccc21. The number of hydrogen-bond donors (Lipinski definition) is 2. The third kappa shape index (κ3) is 4.87. The standard InChI is InChI=1S/C28H35N5O/c1-2-3-17-33-20-24(22-9-5-7-12-26(22)33)21-13-18-32(19-14-21)16-8-15-29-28-30-25-11-6-4-10-23(25)27(34)31-28/h4-7,9-12,20-21H,2-3,8,13-19H2,1H3,(H2,29,30,31,34). The molecular weight excluding hydrogens is 422 g/mol. The zero-order chi connectivity index (χ0) is 23.3. The molecule has 0 radical (unpaired) electrons. The van der Waals surface area contributed by atoms with Gasteiger partial charge in [0.15, 0.2) is 0 Å². The van der Waals surface area contributed by atoms with E-state index in [1.165, 1.54) is 36.6 Å². The summed E-state index contributed by atoms with van der Waals surface area (Å²) in [5.41, 5.74) is 3.57. The van der Waals surface area contributed by atoms with Gasteiger partial charge in [-0.05, 0) is 75.0 Å². The number of para-hydroxylation sites is 2. The summed E-state index contributed by atoms with van der Waals surface area (Å²) >= 11 is 0. The van der Waals surface area contributed by atoms with E-state index in [4.69, 9.17) is 0 Å². The summed E-state index contributed by atoms with van der Waals surface area (Å²) < 4.78 is 2.47. The number of unbranched alkanes of at least 4 members (excludes halogenated alkanes) is 1. The molecule has 178 valence electrons. The summed E-state index contributed by atoms with van der Waals surface area (Å²) in [6, 6.07) is 16.4. The fraction of sp³-hybridized carbons (Fsp3) is 0.429. The van der Waals surface area contributed by atoms with Crippen molar-refractivity contribution in [2.45, 2.75) is 51.5 Å². The van der Waals surface area contributed by atoms with Crippen LogP contribution in [0, 0.1) is 0 Å². The first-order chi connectivity index (χ1) is 16.7. The minimum Gasteiger partial charge on any atom is -0.356 e. The number of nitrogens with one attached hydrogen (secondary N) is 2. The number of nitrogens with zero attached hydrogens (tertiary/aromatic N) is 3. The average Bonchev–Trinajstić information content (AvgIpc) is 3.24. The summed E-state index contributed by atoms with van der Waals surface area (Å²) in [4.78, 5) is 22.2. The van der Waals surface area contributed by atoms with E-state index in [-0.39, 0.29) is 5.56 Å². The number of aromatic amines is 1. The van der Waals surface area contributed by atoms with Crippen LogP contribution in [-0.2, 0) is 6.54 Å². The molecule has 1 fully saturated rings. The fourth-order valence-electron chi connectivity index (χ4n) is 5.26. The normalized spacial score (nSPS) is 15.3. The van der Waals surface area contributed by atoms with Crippen LogP contribution in [0.15, 0.2) is 59.5 Å². The van der Waals surface area contributed by atoms with E-state index >= 15 is 0 Å². The van der Waals surface area contributed by atoms with Crippen LogP contribution in [0.1, 0.15) is 50.5 Å². The summed E-state index contributed by atoms with van der Waals surface area (Å²) in [7, 11) is 0. The Kier molecular flexibility index (Phi) is 6.95. The minimum absolute atomic E-state index is 0.0915. The van der Waals surface area contributed by atoms with E-state index in [9.17, 15) is 4.79 Å². The largest absolute Gasteiger partial charge is 0.356 e. The molecule has 1 saturated heterocycles. The van der Waals surface area contributed by atoms with Crippen molar-refractivity contribution in [3.05, 3.63) is 70.6 Å². The summed E-state index contributed by atoms with van der Waals surface area (Å²) in [5, 5.41) is 5.37. The lowest BCUT2D eigenvalue weighted by Gasteiger charge is -2.32. The predicted molar refractivity (Wildman–Crippen MR) is 141 cm³/mol. The Morgan fingerprint density at radius 3 is 2.59 bits per heavy atom. The lowest BCUT2D eigenvalue weighted by molar-refractivity contribution is 0.212. The molecule has 4 aromatic rings. The van der Waals surface area contributed by atoms with Crippen LogP contribution in [0.3, 0.4) is 0 Å². The lowest BCUT2D eigenvalue weighted by atomic mass is 9.89. The molecule has 0 bridgehead atoms. The molecule has 2 aromatic heterocycles. The number of likely N-dealkylation sites (tertiary alicyclic amines) is 1. The molecule has 6 nitrogen and oxygen atoms in total. The van der Waals surface area contributed by atoms with Gasteiger partial charge < -0.3 is 14.8 Å². The maximum absolute atomic E-state index is 12.2. The molecule has 2 aromatic carbocycles. The third-order valence-electron chi connectivity index (χ3n) is 7.16. The number of fused-ring (bicyclic) bond motifs is 2. The van der Waals surface area contributed by atoms with Gasteiger partial charge in [-0.15, -0.1) is 0 Å². The Balaban J connectivity index is 1.13. The minimum atomic E-state index is -0.0915. The molecule has 0 spiro atoms. The van der Waals surface area contributed by atoms with E-state index in [0.717, 1.165) is 44.7 Å². The van der Waals surface area contributed by atoms with Crippen LogP contribution >= 0.6 is 0 Å². The predicted octanol–water partition coefficient (Wildman–Crippen LogP) is 5.36. The topological polar surface area (TPSA) is 66.0 Å². The number of rotatable bonds is 9. The van der Waals surface area contributed by atoms with Crippen molar-refractivity contribution in [3.63, 3.8) is 0 Å². The van der Waals surface area contributed by atoms with E-state index in [0.29, 0.717) is 17.3 Å². The Hall–Kier alpha value is -3.12. The van der Waals surface area contributed by atoms with Gasteiger partial charge in [0.05, 0.1) is 10.9 Å². The highest BCUT2D eigenvalue weighted by atomic mass is 16.1. The van der Waals surface area contributed by atoms with E-state index < -0.39 is 0 Å². The third-order valence-corrected chi connectivity index (χ3v) is 7.16. The Morgan fingerprint density at radius 1 is 1.00 bits per heavy atom. The van der Waals surface area contributed by atoms with Crippen molar-refractivity contribution in [3.8, 4) is 0 Å². The van der Waals surface area contributed by atoms with Crippen molar-refractivity contribution in [2.75, 3.05) is 31.5 Å². The molecule has 0 amide bonds. The second kappa shape index (κ2) is 10.4.